The monoisotopic (exact) mass is 417 g/mol. The van der Waals surface area contributed by atoms with Crippen LogP contribution in [0.4, 0.5) is 5.13 Å². The first-order chi connectivity index (χ1) is 13.6. The number of aromatic nitrogens is 1. The molecule has 0 spiro atoms. The molecule has 1 amide bonds. The molecule has 2 aromatic rings. The van der Waals surface area contributed by atoms with Crippen molar-refractivity contribution in [1.82, 2.24) is 9.88 Å². The Labute approximate surface area is 170 Å². The van der Waals surface area contributed by atoms with Crippen LogP contribution in [0, 0.1) is 0 Å². The number of benzene rings is 1. The van der Waals surface area contributed by atoms with E-state index in [-0.39, 0.29) is 18.9 Å². The first-order valence-corrected chi connectivity index (χ1v) is 10.4. The average Bonchev–Trinajstić information content (AvgIpc) is 3.27. The summed E-state index contributed by atoms with van der Waals surface area (Å²) in [5.74, 6) is -0.374. The molecule has 1 aliphatic rings. The van der Waals surface area contributed by atoms with Gasteiger partial charge in [0.05, 0.1) is 17.9 Å². The van der Waals surface area contributed by atoms with Crippen LogP contribution in [0.25, 0.3) is 6.08 Å². The molecule has 28 heavy (non-hydrogen) atoms. The van der Waals surface area contributed by atoms with Crippen molar-refractivity contribution >= 4 is 51.4 Å². The number of carbonyl (C=O) groups excluding carboxylic acids is 1. The van der Waals surface area contributed by atoms with Gasteiger partial charge in [-0.05, 0) is 42.0 Å². The first kappa shape index (κ1) is 20.1. The van der Waals surface area contributed by atoms with Crippen LogP contribution >= 0.6 is 23.1 Å². The van der Waals surface area contributed by atoms with Crippen LogP contribution in [0.2, 0.25) is 0 Å². The summed E-state index contributed by atoms with van der Waals surface area (Å²) in [7, 11) is 0. The van der Waals surface area contributed by atoms with E-state index < -0.39 is 5.97 Å². The second-order valence-electron chi connectivity index (χ2n) is 5.84. The zero-order valence-electron chi connectivity index (χ0n) is 15.2. The molecule has 0 aliphatic carbocycles. The number of hydrogen-bond donors (Lipinski definition) is 1. The van der Waals surface area contributed by atoms with Crippen molar-refractivity contribution in [2.45, 2.75) is 19.8 Å². The lowest BCUT2D eigenvalue weighted by Crippen LogP contribution is -2.29. The Balaban J connectivity index is 1.74. The molecule has 1 aromatic carbocycles. The highest BCUT2D eigenvalue weighted by atomic mass is 32.2. The van der Waals surface area contributed by atoms with Crippen molar-refractivity contribution in [3.05, 3.63) is 46.3 Å². The summed E-state index contributed by atoms with van der Waals surface area (Å²) in [6.45, 7) is 2.74. The van der Waals surface area contributed by atoms with Crippen molar-refractivity contribution in [3.8, 4) is 5.75 Å². The quantitative estimate of drug-likeness (QED) is 0.653. The van der Waals surface area contributed by atoms with E-state index in [1.807, 2.05) is 30.5 Å². The van der Waals surface area contributed by atoms with Gasteiger partial charge < -0.3 is 9.84 Å². The number of thioether (sulfide) groups is 1. The number of hydrogen-bond acceptors (Lipinski definition) is 7. The number of aliphatic imine (C=N–C) groups is 1. The number of amidine groups is 1. The van der Waals surface area contributed by atoms with Crippen LogP contribution < -0.4 is 4.74 Å². The maximum atomic E-state index is 12.8. The zero-order valence-corrected chi connectivity index (χ0v) is 16.8. The fourth-order valence-corrected chi connectivity index (χ4v) is 4.00. The van der Waals surface area contributed by atoms with Crippen LogP contribution in [-0.4, -0.2) is 45.2 Å². The van der Waals surface area contributed by atoms with Crippen molar-refractivity contribution in [1.29, 1.82) is 0 Å². The Hall–Kier alpha value is -2.65. The molecule has 9 heteroatoms. The van der Waals surface area contributed by atoms with Crippen LogP contribution in [0.15, 0.2) is 45.7 Å². The summed E-state index contributed by atoms with van der Waals surface area (Å²) in [4.78, 5) is 34.2. The number of ether oxygens (including phenoxy) is 1. The lowest BCUT2D eigenvalue weighted by Gasteiger charge is -2.13. The second kappa shape index (κ2) is 9.52. The van der Waals surface area contributed by atoms with Gasteiger partial charge in [-0.3, -0.25) is 14.5 Å². The van der Waals surface area contributed by atoms with E-state index in [4.69, 9.17) is 9.84 Å². The molecule has 0 atom stereocenters. The van der Waals surface area contributed by atoms with Crippen molar-refractivity contribution < 1.29 is 19.4 Å². The Morgan fingerprint density at radius 2 is 2.14 bits per heavy atom. The zero-order chi connectivity index (χ0) is 19.9. The van der Waals surface area contributed by atoms with E-state index in [0.29, 0.717) is 27.5 Å². The van der Waals surface area contributed by atoms with Crippen molar-refractivity contribution in [3.63, 3.8) is 0 Å². The van der Waals surface area contributed by atoms with E-state index in [1.54, 1.807) is 23.2 Å². The number of carbonyl (C=O) groups is 2. The van der Waals surface area contributed by atoms with Gasteiger partial charge in [-0.25, -0.2) is 4.98 Å². The van der Waals surface area contributed by atoms with E-state index in [0.717, 1.165) is 12.0 Å². The van der Waals surface area contributed by atoms with Gasteiger partial charge in [0, 0.05) is 18.1 Å². The smallest absolute Gasteiger partial charge is 0.306 e. The maximum absolute atomic E-state index is 12.8. The lowest BCUT2D eigenvalue weighted by molar-refractivity contribution is -0.137. The summed E-state index contributed by atoms with van der Waals surface area (Å²) >= 11 is 2.76. The Morgan fingerprint density at radius 3 is 2.79 bits per heavy atom. The number of amides is 1. The number of aliphatic carboxylic acids is 1. The normalized spacial score (nSPS) is 16.9. The Morgan fingerprint density at radius 1 is 1.36 bits per heavy atom. The summed E-state index contributed by atoms with van der Waals surface area (Å²) in [6.07, 6.45) is 4.29. The topological polar surface area (TPSA) is 92.1 Å². The van der Waals surface area contributed by atoms with Gasteiger partial charge in [-0.15, -0.1) is 11.3 Å². The van der Waals surface area contributed by atoms with Gasteiger partial charge in [-0.1, -0.05) is 19.1 Å². The van der Waals surface area contributed by atoms with Gasteiger partial charge in [-0.2, -0.15) is 4.99 Å². The van der Waals surface area contributed by atoms with E-state index in [9.17, 15) is 9.59 Å². The summed E-state index contributed by atoms with van der Waals surface area (Å²) in [5.41, 5.74) is 0.855. The molecule has 0 bridgehead atoms. The third-order valence-corrected chi connectivity index (χ3v) is 5.38. The summed E-state index contributed by atoms with van der Waals surface area (Å²) in [6, 6.07) is 7.17. The highest BCUT2D eigenvalue weighted by Crippen LogP contribution is 2.34. The molecule has 1 aromatic heterocycles. The van der Waals surface area contributed by atoms with Gasteiger partial charge >= 0.3 is 5.97 Å². The molecular weight excluding hydrogens is 398 g/mol. The third-order valence-electron chi connectivity index (χ3n) is 3.71. The molecule has 1 aliphatic heterocycles. The molecular formula is C19H19N3O4S2. The van der Waals surface area contributed by atoms with Crippen molar-refractivity contribution in [2.24, 2.45) is 4.99 Å². The third kappa shape index (κ3) is 5.20. The average molecular weight is 418 g/mol. The minimum Gasteiger partial charge on any atom is -0.493 e. The predicted molar refractivity (Wildman–Crippen MR) is 111 cm³/mol. The molecule has 1 fully saturated rings. The van der Waals surface area contributed by atoms with Crippen molar-refractivity contribution in [2.75, 3.05) is 13.2 Å². The lowest BCUT2D eigenvalue weighted by atomic mass is 10.2. The number of rotatable bonds is 8. The molecule has 146 valence electrons. The fraction of sp³-hybridized carbons (Fsp3) is 0.263. The molecule has 1 saturated heterocycles. The largest absolute Gasteiger partial charge is 0.493 e. The Bertz CT molecular complexity index is 892. The molecule has 3 rings (SSSR count). The highest BCUT2D eigenvalue weighted by molar-refractivity contribution is 8.18. The number of carboxylic acids is 1. The minimum atomic E-state index is -0.898. The molecule has 0 unspecified atom stereocenters. The molecule has 0 radical (unpaired) electrons. The van der Waals surface area contributed by atoms with E-state index in [2.05, 4.69) is 9.98 Å². The molecule has 0 saturated carbocycles. The van der Waals surface area contributed by atoms with Gasteiger partial charge in [0.2, 0.25) is 5.13 Å². The minimum absolute atomic E-state index is 0.0502. The van der Waals surface area contributed by atoms with Crippen LogP contribution in [-0.2, 0) is 9.59 Å². The van der Waals surface area contributed by atoms with Gasteiger partial charge in [0.1, 0.15) is 5.75 Å². The van der Waals surface area contributed by atoms with E-state index >= 15 is 0 Å². The first-order valence-electron chi connectivity index (χ1n) is 8.71. The van der Waals surface area contributed by atoms with Gasteiger partial charge in [0.25, 0.3) is 5.91 Å². The predicted octanol–water partition coefficient (Wildman–Crippen LogP) is 4.01. The highest BCUT2D eigenvalue weighted by Gasteiger charge is 2.32. The fourth-order valence-electron chi connectivity index (χ4n) is 2.43. The van der Waals surface area contributed by atoms with Gasteiger partial charge in [0.15, 0.2) is 5.17 Å². The number of carboxylic acid groups (broad SMARTS) is 1. The SMILES string of the molecule is CCCN1C(=O)/C(=C\c2ccc(OCCC(=O)O)cc2)S/C1=N/c1nccs1. The van der Waals surface area contributed by atoms with E-state index in [1.165, 1.54) is 23.1 Å². The summed E-state index contributed by atoms with van der Waals surface area (Å²) < 4.78 is 5.38. The summed E-state index contributed by atoms with van der Waals surface area (Å²) in [5, 5.41) is 11.8. The molecule has 2 heterocycles. The Kier molecular flexibility index (Phi) is 6.83. The van der Waals surface area contributed by atoms with Crippen LogP contribution in [0.1, 0.15) is 25.3 Å². The number of nitrogens with zero attached hydrogens (tertiary/aromatic N) is 3. The standard InChI is InChI=1S/C19H19N3O4S2/c1-2-9-22-17(25)15(28-19(22)21-18-20-8-11-27-18)12-13-3-5-14(6-4-13)26-10-7-16(23)24/h3-6,8,11-12H,2,7,9-10H2,1H3,(H,23,24)/b15-12+,21-19+. The second-order valence-corrected chi connectivity index (χ2v) is 7.72. The molecule has 7 nitrogen and oxygen atoms in total. The van der Waals surface area contributed by atoms with Crippen LogP contribution in [0.5, 0.6) is 5.75 Å². The molecule has 1 N–H and O–H groups in total. The number of thiazole rings is 1. The van der Waals surface area contributed by atoms with Crippen LogP contribution in [0.3, 0.4) is 0 Å². The maximum Gasteiger partial charge on any atom is 0.306 e.